The van der Waals surface area contributed by atoms with Crippen molar-refractivity contribution in [2.24, 2.45) is 0 Å². The number of hydrogen-bond donors (Lipinski definition) is 1. The minimum absolute atomic E-state index is 0.134. The molecule has 0 saturated heterocycles. The lowest BCUT2D eigenvalue weighted by Gasteiger charge is -2.24. The second-order valence-corrected chi connectivity index (χ2v) is 6.20. The summed E-state index contributed by atoms with van der Waals surface area (Å²) < 4.78 is 30.9. The molecule has 1 saturated carbocycles. The maximum absolute atomic E-state index is 14.6. The Morgan fingerprint density at radius 3 is 2.77 bits per heavy atom. The average Bonchev–Trinajstić information content (AvgIpc) is 3.34. The highest BCUT2D eigenvalue weighted by Crippen LogP contribution is 2.34. The van der Waals surface area contributed by atoms with E-state index in [1.165, 1.54) is 12.4 Å². The van der Waals surface area contributed by atoms with Crippen LogP contribution < -0.4 is 10.2 Å². The summed E-state index contributed by atoms with van der Waals surface area (Å²) in [6, 6.07) is 6.88. The zero-order chi connectivity index (χ0) is 18.1. The minimum Gasteiger partial charge on any atom is -0.371 e. The van der Waals surface area contributed by atoms with Gasteiger partial charge in [-0.2, -0.15) is 9.49 Å². The quantitative estimate of drug-likeness (QED) is 0.735. The first-order chi connectivity index (χ1) is 12.7. The van der Waals surface area contributed by atoms with E-state index in [1.54, 1.807) is 42.3 Å². The molecule has 1 N–H and O–H groups in total. The van der Waals surface area contributed by atoms with Crippen molar-refractivity contribution < 1.29 is 8.78 Å². The van der Waals surface area contributed by atoms with Crippen molar-refractivity contribution in [1.82, 2.24) is 19.7 Å². The van der Waals surface area contributed by atoms with Crippen molar-refractivity contribution in [3.05, 3.63) is 60.2 Å². The van der Waals surface area contributed by atoms with Crippen LogP contribution in [0.15, 0.2) is 43.0 Å². The Morgan fingerprint density at radius 2 is 2.12 bits per heavy atom. The fraction of sp³-hybridized carbons (Fsp3) is 0.278. The van der Waals surface area contributed by atoms with E-state index in [4.69, 9.17) is 0 Å². The number of nitrogens with zero attached hydrogens (tertiary/aromatic N) is 5. The molecule has 2 heterocycles. The molecule has 26 heavy (non-hydrogen) atoms. The first-order valence-electron chi connectivity index (χ1n) is 8.40. The molecule has 0 aliphatic heterocycles. The molecule has 4 rings (SSSR count). The van der Waals surface area contributed by atoms with Gasteiger partial charge in [0.1, 0.15) is 12.1 Å². The fourth-order valence-electron chi connectivity index (χ4n) is 2.91. The lowest BCUT2D eigenvalue weighted by atomic mass is 10.1. The molecule has 0 unspecified atom stereocenters. The fourth-order valence-corrected chi connectivity index (χ4v) is 2.91. The molecule has 0 radical (unpaired) electrons. The van der Waals surface area contributed by atoms with Crippen LogP contribution in [0.2, 0.25) is 0 Å². The summed E-state index contributed by atoms with van der Waals surface area (Å²) in [6.07, 6.45) is 6.58. The number of halogens is 2. The molecule has 1 aliphatic carbocycles. The maximum atomic E-state index is 14.6. The number of hydrogen-bond acceptors (Lipinski definition) is 5. The molecule has 6 nitrogen and oxygen atoms in total. The van der Waals surface area contributed by atoms with Crippen LogP contribution in [0, 0.1) is 11.6 Å². The summed E-state index contributed by atoms with van der Waals surface area (Å²) in [4.78, 5) is 9.78. The van der Waals surface area contributed by atoms with Gasteiger partial charge in [0.2, 0.25) is 5.82 Å². The standard InChI is InChI=1S/C18H18F2N6/c1-21-17-16(20)18(23-11-22-17)25(13-5-6-13)10-12-3-4-14(9-15(12)19)26-8-2-7-24-26/h2-4,7-9,11,13H,5-6,10H2,1H3,(H,21,22,23). The lowest BCUT2D eigenvalue weighted by Crippen LogP contribution is -2.28. The van der Waals surface area contributed by atoms with Gasteiger partial charge in [0.05, 0.1) is 5.69 Å². The van der Waals surface area contributed by atoms with Crippen molar-refractivity contribution in [3.63, 3.8) is 0 Å². The minimum atomic E-state index is -0.518. The van der Waals surface area contributed by atoms with Crippen molar-refractivity contribution in [2.45, 2.75) is 25.4 Å². The van der Waals surface area contributed by atoms with Crippen molar-refractivity contribution >= 4 is 11.6 Å². The van der Waals surface area contributed by atoms with Gasteiger partial charge in [-0.25, -0.2) is 19.0 Å². The van der Waals surface area contributed by atoms with Crippen LogP contribution >= 0.6 is 0 Å². The smallest absolute Gasteiger partial charge is 0.207 e. The third-order valence-electron chi connectivity index (χ3n) is 4.41. The highest BCUT2D eigenvalue weighted by Gasteiger charge is 2.33. The normalized spacial score (nSPS) is 13.7. The summed E-state index contributed by atoms with van der Waals surface area (Å²) in [6.45, 7) is 0.243. The Bertz CT molecular complexity index is 908. The first-order valence-corrected chi connectivity index (χ1v) is 8.40. The Balaban J connectivity index is 1.64. The van der Waals surface area contributed by atoms with Gasteiger partial charge < -0.3 is 10.2 Å². The van der Waals surface area contributed by atoms with Crippen LogP contribution in [0.25, 0.3) is 5.69 Å². The summed E-state index contributed by atoms with van der Waals surface area (Å²) in [5.74, 6) is -0.542. The van der Waals surface area contributed by atoms with E-state index in [9.17, 15) is 8.78 Å². The molecule has 8 heteroatoms. The highest BCUT2D eigenvalue weighted by molar-refractivity contribution is 5.52. The predicted molar refractivity (Wildman–Crippen MR) is 94.3 cm³/mol. The van der Waals surface area contributed by atoms with Crippen molar-refractivity contribution in [2.75, 3.05) is 17.3 Å². The Hall–Kier alpha value is -3.03. The summed E-state index contributed by atoms with van der Waals surface area (Å²) in [5, 5.41) is 6.81. The van der Waals surface area contributed by atoms with Crippen LogP contribution in [-0.2, 0) is 6.54 Å². The zero-order valence-electron chi connectivity index (χ0n) is 14.2. The van der Waals surface area contributed by atoms with Gasteiger partial charge in [0.25, 0.3) is 0 Å². The van der Waals surface area contributed by atoms with Crippen LogP contribution in [0.3, 0.4) is 0 Å². The Kier molecular flexibility index (Phi) is 4.24. The molecule has 1 aromatic carbocycles. The number of benzene rings is 1. The first kappa shape index (κ1) is 16.4. The number of aromatic nitrogens is 4. The largest absolute Gasteiger partial charge is 0.371 e. The van der Waals surface area contributed by atoms with E-state index < -0.39 is 5.82 Å². The third-order valence-corrected chi connectivity index (χ3v) is 4.41. The SMILES string of the molecule is CNc1ncnc(N(Cc2ccc(-n3cccn3)cc2F)C2CC2)c1F. The number of rotatable bonds is 6. The second-order valence-electron chi connectivity index (χ2n) is 6.20. The molecule has 1 fully saturated rings. The molecule has 0 bridgehead atoms. The molecule has 0 atom stereocenters. The topological polar surface area (TPSA) is 58.9 Å². The highest BCUT2D eigenvalue weighted by atomic mass is 19.1. The molecular weight excluding hydrogens is 338 g/mol. The van der Waals surface area contributed by atoms with E-state index >= 15 is 0 Å². The van der Waals surface area contributed by atoms with Gasteiger partial charge in [-0.1, -0.05) is 6.07 Å². The van der Waals surface area contributed by atoms with Gasteiger partial charge in [-0.05, 0) is 31.0 Å². The number of nitrogens with one attached hydrogen (secondary N) is 1. The van der Waals surface area contributed by atoms with Crippen LogP contribution in [0.4, 0.5) is 20.4 Å². The van der Waals surface area contributed by atoms with Gasteiger partial charge in [-0.3, -0.25) is 0 Å². The average molecular weight is 356 g/mol. The number of anilines is 2. The van der Waals surface area contributed by atoms with E-state index in [2.05, 4.69) is 20.4 Å². The van der Waals surface area contributed by atoms with Crippen LogP contribution in [-0.4, -0.2) is 32.8 Å². The Morgan fingerprint density at radius 1 is 1.27 bits per heavy atom. The van der Waals surface area contributed by atoms with E-state index in [0.29, 0.717) is 11.3 Å². The molecule has 0 spiro atoms. The van der Waals surface area contributed by atoms with Gasteiger partial charge in [0.15, 0.2) is 11.6 Å². The second kappa shape index (κ2) is 6.70. The lowest BCUT2D eigenvalue weighted by molar-refractivity contribution is 0.584. The van der Waals surface area contributed by atoms with Crippen molar-refractivity contribution in [3.8, 4) is 5.69 Å². The van der Waals surface area contributed by atoms with Crippen LogP contribution in [0.1, 0.15) is 18.4 Å². The molecule has 0 amide bonds. The van der Waals surface area contributed by atoms with E-state index in [0.717, 1.165) is 12.8 Å². The van der Waals surface area contributed by atoms with E-state index in [1.807, 2.05) is 4.90 Å². The molecule has 134 valence electrons. The summed E-state index contributed by atoms with van der Waals surface area (Å²) in [7, 11) is 1.60. The molecular formula is C18H18F2N6. The van der Waals surface area contributed by atoms with Crippen molar-refractivity contribution in [1.29, 1.82) is 0 Å². The van der Waals surface area contributed by atoms with Gasteiger partial charge in [0, 0.05) is 37.6 Å². The summed E-state index contributed by atoms with van der Waals surface area (Å²) in [5.41, 5.74) is 1.12. The zero-order valence-corrected chi connectivity index (χ0v) is 14.2. The molecule has 3 aromatic rings. The molecule has 2 aromatic heterocycles. The van der Waals surface area contributed by atoms with E-state index in [-0.39, 0.29) is 30.0 Å². The Labute approximate surface area is 149 Å². The maximum Gasteiger partial charge on any atom is 0.207 e. The predicted octanol–water partition coefficient (Wildman–Crippen LogP) is 3.15. The van der Waals surface area contributed by atoms with Crippen LogP contribution in [0.5, 0.6) is 0 Å². The monoisotopic (exact) mass is 356 g/mol. The van der Waals surface area contributed by atoms with Gasteiger partial charge >= 0.3 is 0 Å². The molecule has 1 aliphatic rings. The third kappa shape index (κ3) is 3.10. The van der Waals surface area contributed by atoms with Gasteiger partial charge in [-0.15, -0.1) is 0 Å². The summed E-state index contributed by atoms with van der Waals surface area (Å²) >= 11 is 0.